The Kier molecular flexibility index (Phi) is 3.98. The van der Waals surface area contributed by atoms with Crippen molar-refractivity contribution in [1.29, 1.82) is 0 Å². The molecule has 1 aliphatic carbocycles. The van der Waals surface area contributed by atoms with Gasteiger partial charge in [0.15, 0.2) is 0 Å². The van der Waals surface area contributed by atoms with Gasteiger partial charge in [-0.3, -0.25) is 14.2 Å². The zero-order chi connectivity index (χ0) is 15.7. The lowest BCUT2D eigenvalue weighted by Gasteiger charge is -2.12. The molecule has 0 radical (unpaired) electrons. The number of aromatic nitrogens is 2. The second-order valence-electron chi connectivity index (χ2n) is 5.36. The third-order valence-corrected chi connectivity index (χ3v) is 4.16. The Bertz CT molecular complexity index is 798. The van der Waals surface area contributed by atoms with Crippen molar-refractivity contribution in [2.75, 3.05) is 5.32 Å². The van der Waals surface area contributed by atoms with E-state index in [1.165, 1.54) is 4.57 Å². The van der Waals surface area contributed by atoms with E-state index in [0.29, 0.717) is 16.5 Å². The SMILES string of the molecule is Cc1nc2c(c(=O)n1CC(=O)Nc1ccccc1Cl)CCC2. The molecule has 114 valence electrons. The maximum absolute atomic E-state index is 12.5. The summed E-state index contributed by atoms with van der Waals surface area (Å²) in [5, 5.41) is 3.19. The van der Waals surface area contributed by atoms with Gasteiger partial charge in [0, 0.05) is 5.56 Å². The fraction of sp³-hybridized carbons (Fsp3) is 0.312. The molecule has 1 N–H and O–H groups in total. The van der Waals surface area contributed by atoms with Crippen molar-refractivity contribution in [3.8, 4) is 0 Å². The van der Waals surface area contributed by atoms with Gasteiger partial charge in [-0.2, -0.15) is 0 Å². The molecule has 1 heterocycles. The van der Waals surface area contributed by atoms with Gasteiger partial charge in [0.05, 0.1) is 16.4 Å². The predicted molar refractivity (Wildman–Crippen MR) is 85.3 cm³/mol. The molecular weight excluding hydrogens is 302 g/mol. The number of fused-ring (bicyclic) bond motifs is 1. The number of carbonyl (C=O) groups excluding carboxylic acids is 1. The first kappa shape index (κ1) is 14.8. The summed E-state index contributed by atoms with van der Waals surface area (Å²) in [7, 11) is 0. The third kappa shape index (κ3) is 2.76. The summed E-state index contributed by atoms with van der Waals surface area (Å²) >= 11 is 6.01. The number of hydrogen-bond acceptors (Lipinski definition) is 3. The van der Waals surface area contributed by atoms with E-state index in [9.17, 15) is 9.59 Å². The van der Waals surface area contributed by atoms with Gasteiger partial charge >= 0.3 is 0 Å². The quantitative estimate of drug-likeness (QED) is 0.945. The standard InChI is InChI=1S/C16H16ClN3O2/c1-10-18-13-8-4-5-11(13)16(22)20(10)9-15(21)19-14-7-3-2-6-12(14)17/h2-3,6-7H,4-5,8-9H2,1H3,(H,19,21). The van der Waals surface area contributed by atoms with Crippen molar-refractivity contribution >= 4 is 23.2 Å². The molecule has 0 fully saturated rings. The smallest absolute Gasteiger partial charge is 0.257 e. The fourth-order valence-electron chi connectivity index (χ4n) is 2.73. The van der Waals surface area contributed by atoms with Crippen molar-refractivity contribution in [3.63, 3.8) is 0 Å². The molecule has 0 saturated carbocycles. The number of nitrogens with zero attached hydrogens (tertiary/aromatic N) is 2. The molecule has 1 aromatic carbocycles. The molecule has 0 saturated heterocycles. The second-order valence-corrected chi connectivity index (χ2v) is 5.76. The van der Waals surface area contributed by atoms with E-state index in [1.807, 2.05) is 0 Å². The summed E-state index contributed by atoms with van der Waals surface area (Å²) < 4.78 is 1.43. The summed E-state index contributed by atoms with van der Waals surface area (Å²) in [6, 6.07) is 7.00. The molecule has 22 heavy (non-hydrogen) atoms. The normalized spacial score (nSPS) is 13.0. The highest BCUT2D eigenvalue weighted by Gasteiger charge is 2.20. The van der Waals surface area contributed by atoms with Crippen LogP contribution in [0.15, 0.2) is 29.1 Å². The maximum atomic E-state index is 12.5. The van der Waals surface area contributed by atoms with E-state index >= 15 is 0 Å². The molecule has 0 aliphatic heterocycles. The van der Waals surface area contributed by atoms with E-state index < -0.39 is 0 Å². The summed E-state index contributed by atoms with van der Waals surface area (Å²) in [5.74, 6) is 0.276. The Labute approximate surface area is 132 Å². The van der Waals surface area contributed by atoms with E-state index in [0.717, 1.165) is 30.5 Å². The van der Waals surface area contributed by atoms with Gasteiger partial charge in [-0.05, 0) is 38.3 Å². The van der Waals surface area contributed by atoms with E-state index in [2.05, 4.69) is 10.3 Å². The van der Waals surface area contributed by atoms with E-state index in [-0.39, 0.29) is 18.0 Å². The molecule has 0 bridgehead atoms. The number of hydrogen-bond donors (Lipinski definition) is 1. The second kappa shape index (κ2) is 5.93. The molecule has 0 spiro atoms. The van der Waals surface area contributed by atoms with E-state index in [4.69, 9.17) is 11.6 Å². The van der Waals surface area contributed by atoms with Gasteiger partial charge < -0.3 is 5.32 Å². The number of halogens is 1. The molecule has 0 unspecified atom stereocenters. The van der Waals surface area contributed by atoms with Gasteiger partial charge in [0.25, 0.3) is 5.56 Å². The van der Waals surface area contributed by atoms with Crippen molar-refractivity contribution in [2.45, 2.75) is 32.7 Å². The van der Waals surface area contributed by atoms with E-state index in [1.54, 1.807) is 31.2 Å². The Balaban J connectivity index is 1.83. The van der Waals surface area contributed by atoms with Crippen LogP contribution in [0.4, 0.5) is 5.69 Å². The van der Waals surface area contributed by atoms with Crippen LogP contribution >= 0.6 is 11.6 Å². The zero-order valence-corrected chi connectivity index (χ0v) is 13.0. The van der Waals surface area contributed by atoms with Crippen LogP contribution in [-0.2, 0) is 24.2 Å². The first-order valence-electron chi connectivity index (χ1n) is 7.20. The van der Waals surface area contributed by atoms with Crippen molar-refractivity contribution in [3.05, 3.63) is 56.7 Å². The number of amides is 1. The minimum atomic E-state index is -0.293. The summed E-state index contributed by atoms with van der Waals surface area (Å²) in [5.41, 5.74) is 2.06. The number of nitrogens with one attached hydrogen (secondary N) is 1. The van der Waals surface area contributed by atoms with Crippen LogP contribution in [0.5, 0.6) is 0 Å². The average molecular weight is 318 g/mol. The maximum Gasteiger partial charge on any atom is 0.257 e. The number of para-hydroxylation sites is 1. The molecule has 1 aromatic heterocycles. The molecular formula is C16H16ClN3O2. The van der Waals surface area contributed by atoms with Crippen LogP contribution in [0, 0.1) is 6.92 Å². The minimum Gasteiger partial charge on any atom is -0.323 e. The monoisotopic (exact) mass is 317 g/mol. The highest BCUT2D eigenvalue weighted by molar-refractivity contribution is 6.33. The van der Waals surface area contributed by atoms with Crippen molar-refractivity contribution in [2.24, 2.45) is 0 Å². The number of anilines is 1. The zero-order valence-electron chi connectivity index (χ0n) is 12.2. The third-order valence-electron chi connectivity index (χ3n) is 3.83. The Hall–Kier alpha value is -2.14. The lowest BCUT2D eigenvalue weighted by Crippen LogP contribution is -2.32. The summed E-state index contributed by atoms with van der Waals surface area (Å²) in [6.07, 6.45) is 2.54. The van der Waals surface area contributed by atoms with Gasteiger partial charge in [0.1, 0.15) is 12.4 Å². The molecule has 5 nitrogen and oxygen atoms in total. The predicted octanol–water partition coefficient (Wildman–Crippen LogP) is 2.33. The summed E-state index contributed by atoms with van der Waals surface area (Å²) in [6.45, 7) is 1.69. The summed E-state index contributed by atoms with van der Waals surface area (Å²) in [4.78, 5) is 29.1. The van der Waals surface area contributed by atoms with Gasteiger partial charge in [0.2, 0.25) is 5.91 Å². The fourth-order valence-corrected chi connectivity index (χ4v) is 2.91. The molecule has 0 atom stereocenters. The lowest BCUT2D eigenvalue weighted by molar-refractivity contribution is -0.116. The first-order valence-corrected chi connectivity index (χ1v) is 7.57. The Morgan fingerprint density at radius 3 is 2.91 bits per heavy atom. The molecule has 2 aromatic rings. The highest BCUT2D eigenvalue weighted by atomic mass is 35.5. The van der Waals surface area contributed by atoms with Gasteiger partial charge in [-0.25, -0.2) is 4.98 Å². The minimum absolute atomic E-state index is 0.0594. The number of benzene rings is 1. The number of carbonyl (C=O) groups is 1. The Morgan fingerprint density at radius 1 is 1.36 bits per heavy atom. The number of rotatable bonds is 3. The van der Waals surface area contributed by atoms with Crippen LogP contribution in [0.1, 0.15) is 23.5 Å². The van der Waals surface area contributed by atoms with Crippen molar-refractivity contribution < 1.29 is 4.79 Å². The van der Waals surface area contributed by atoms with Crippen LogP contribution in [0.25, 0.3) is 0 Å². The molecule has 6 heteroatoms. The number of aryl methyl sites for hydroxylation is 2. The van der Waals surface area contributed by atoms with Crippen LogP contribution in [0.3, 0.4) is 0 Å². The topological polar surface area (TPSA) is 64.0 Å². The van der Waals surface area contributed by atoms with Crippen LogP contribution in [-0.4, -0.2) is 15.5 Å². The first-order chi connectivity index (χ1) is 10.6. The van der Waals surface area contributed by atoms with Gasteiger partial charge in [-0.1, -0.05) is 23.7 Å². The Morgan fingerprint density at radius 2 is 2.14 bits per heavy atom. The lowest BCUT2D eigenvalue weighted by atomic mass is 10.2. The van der Waals surface area contributed by atoms with Crippen LogP contribution < -0.4 is 10.9 Å². The highest BCUT2D eigenvalue weighted by Crippen LogP contribution is 2.20. The molecule has 3 rings (SSSR count). The average Bonchev–Trinajstić information content (AvgIpc) is 2.94. The largest absolute Gasteiger partial charge is 0.323 e. The molecule has 1 amide bonds. The molecule has 1 aliphatic rings. The van der Waals surface area contributed by atoms with Crippen molar-refractivity contribution in [1.82, 2.24) is 9.55 Å². The van der Waals surface area contributed by atoms with Crippen LogP contribution in [0.2, 0.25) is 5.02 Å². The van der Waals surface area contributed by atoms with Gasteiger partial charge in [-0.15, -0.1) is 0 Å².